The fourth-order valence-electron chi connectivity index (χ4n) is 1.23. The van der Waals surface area contributed by atoms with Crippen LogP contribution in [0.15, 0.2) is 0 Å². The standard InChI is InChI=1S/C8H13FINO2S/c1-8(2,7(10)12)14(13)11-4-3-6(9)5-11/h6H,3-5H2,1-2H3/t6?,14-/m1/s1. The molecule has 6 heteroatoms. The van der Waals surface area contributed by atoms with Gasteiger partial charge in [0.1, 0.15) is 6.17 Å². The number of rotatable bonds is 3. The summed E-state index contributed by atoms with van der Waals surface area (Å²) in [6, 6.07) is 0. The van der Waals surface area contributed by atoms with Crippen molar-refractivity contribution in [3.8, 4) is 0 Å². The molecular formula is C8H13FINO2S. The summed E-state index contributed by atoms with van der Waals surface area (Å²) in [5.41, 5.74) is 0. The fourth-order valence-corrected chi connectivity index (χ4v) is 3.15. The van der Waals surface area contributed by atoms with E-state index in [-0.39, 0.29) is 10.3 Å². The number of halogens is 2. The van der Waals surface area contributed by atoms with Crippen LogP contribution >= 0.6 is 22.6 Å². The quantitative estimate of drug-likeness (QED) is 0.446. The Kier molecular flexibility index (Phi) is 4.19. The summed E-state index contributed by atoms with van der Waals surface area (Å²) >= 11 is 0.220. The van der Waals surface area contributed by atoms with Gasteiger partial charge in [-0.3, -0.25) is 4.79 Å². The molecule has 82 valence electrons. The van der Waals surface area contributed by atoms with Gasteiger partial charge in [0.25, 0.3) is 0 Å². The molecule has 14 heavy (non-hydrogen) atoms. The van der Waals surface area contributed by atoms with Crippen LogP contribution in [0, 0.1) is 0 Å². The second-order valence-corrected chi connectivity index (χ2v) is 6.82. The molecule has 1 aliphatic rings. The van der Waals surface area contributed by atoms with Gasteiger partial charge in [-0.05, 0) is 20.3 Å². The van der Waals surface area contributed by atoms with Crippen molar-refractivity contribution in [2.24, 2.45) is 0 Å². The molecule has 1 rings (SSSR count). The maximum atomic E-state index is 12.9. The molecule has 0 radical (unpaired) electrons. The van der Waals surface area contributed by atoms with Crippen molar-refractivity contribution in [1.29, 1.82) is 0 Å². The Labute approximate surface area is 99.9 Å². The molecular weight excluding hydrogens is 320 g/mol. The van der Waals surface area contributed by atoms with Crippen LogP contribution in [-0.2, 0) is 16.2 Å². The molecule has 0 aliphatic carbocycles. The van der Waals surface area contributed by atoms with Gasteiger partial charge in [0.05, 0.1) is 17.9 Å². The number of carbonyl (C=O) groups is 1. The summed E-state index contributed by atoms with van der Waals surface area (Å²) < 4.78 is 25.2. The average molecular weight is 333 g/mol. The van der Waals surface area contributed by atoms with Crippen LogP contribution in [0.5, 0.6) is 0 Å². The molecule has 0 aromatic heterocycles. The summed E-state index contributed by atoms with van der Waals surface area (Å²) in [7, 11) is 0. The lowest BCUT2D eigenvalue weighted by Crippen LogP contribution is -2.47. The molecule has 0 bridgehead atoms. The first-order chi connectivity index (χ1) is 6.35. The van der Waals surface area contributed by atoms with Gasteiger partial charge >= 0.3 is 0 Å². The number of alkyl halides is 1. The van der Waals surface area contributed by atoms with Gasteiger partial charge in [-0.1, -0.05) is 0 Å². The maximum Gasteiger partial charge on any atom is 0.248 e. The zero-order valence-electron chi connectivity index (χ0n) is 8.13. The number of hydrogen-bond donors (Lipinski definition) is 0. The van der Waals surface area contributed by atoms with E-state index in [0.717, 1.165) is 0 Å². The Bertz CT molecular complexity index is 239. The van der Waals surface area contributed by atoms with Crippen molar-refractivity contribution in [1.82, 2.24) is 4.31 Å². The minimum Gasteiger partial charge on any atom is -0.597 e. The smallest absolute Gasteiger partial charge is 0.248 e. The van der Waals surface area contributed by atoms with Crippen LogP contribution in [-0.4, -0.2) is 36.7 Å². The van der Waals surface area contributed by atoms with Gasteiger partial charge in [-0.25, -0.2) is 4.39 Å². The molecule has 1 aliphatic heterocycles. The van der Waals surface area contributed by atoms with Crippen molar-refractivity contribution in [2.75, 3.05) is 13.1 Å². The van der Waals surface area contributed by atoms with Gasteiger partial charge in [-0.2, -0.15) is 0 Å². The highest BCUT2D eigenvalue weighted by molar-refractivity contribution is 14.1. The minimum atomic E-state index is -1.42. The van der Waals surface area contributed by atoms with E-state index in [1.165, 1.54) is 0 Å². The normalized spacial score (nSPS) is 26.5. The predicted molar refractivity (Wildman–Crippen MR) is 62.3 cm³/mol. The highest BCUT2D eigenvalue weighted by Crippen LogP contribution is 2.28. The molecule has 1 heterocycles. The van der Waals surface area contributed by atoms with E-state index in [0.29, 0.717) is 13.0 Å². The van der Waals surface area contributed by atoms with Crippen molar-refractivity contribution >= 4 is 37.7 Å². The Morgan fingerprint density at radius 2 is 2.29 bits per heavy atom. The molecule has 1 fully saturated rings. The largest absolute Gasteiger partial charge is 0.597 e. The zero-order chi connectivity index (χ0) is 10.9. The average Bonchev–Trinajstić information content (AvgIpc) is 2.50. The summed E-state index contributed by atoms with van der Waals surface area (Å²) in [6.45, 7) is 3.91. The van der Waals surface area contributed by atoms with E-state index in [2.05, 4.69) is 0 Å². The van der Waals surface area contributed by atoms with Crippen LogP contribution in [0.3, 0.4) is 0 Å². The van der Waals surface area contributed by atoms with Gasteiger partial charge < -0.3 is 4.55 Å². The van der Waals surface area contributed by atoms with Crippen LogP contribution in [0.25, 0.3) is 0 Å². The molecule has 0 aromatic rings. The first-order valence-corrected chi connectivity index (χ1v) is 6.55. The Morgan fingerprint density at radius 1 is 1.71 bits per heavy atom. The van der Waals surface area contributed by atoms with E-state index < -0.39 is 22.3 Å². The van der Waals surface area contributed by atoms with Crippen molar-refractivity contribution in [3.63, 3.8) is 0 Å². The van der Waals surface area contributed by atoms with Crippen LogP contribution < -0.4 is 0 Å². The molecule has 0 N–H and O–H groups in total. The first kappa shape index (κ1) is 12.7. The van der Waals surface area contributed by atoms with Crippen molar-refractivity contribution in [2.45, 2.75) is 31.2 Å². The van der Waals surface area contributed by atoms with Gasteiger partial charge in [0.15, 0.2) is 0 Å². The molecule has 0 saturated carbocycles. The van der Waals surface area contributed by atoms with E-state index in [4.69, 9.17) is 0 Å². The topological polar surface area (TPSA) is 43.4 Å². The van der Waals surface area contributed by atoms with Gasteiger partial charge in [0.2, 0.25) is 8.54 Å². The molecule has 2 atom stereocenters. The Balaban J connectivity index is 2.65. The lowest BCUT2D eigenvalue weighted by Gasteiger charge is -2.29. The molecule has 1 unspecified atom stereocenters. The monoisotopic (exact) mass is 333 g/mol. The third-order valence-corrected chi connectivity index (χ3v) is 5.81. The van der Waals surface area contributed by atoms with E-state index >= 15 is 0 Å². The molecule has 0 aromatic carbocycles. The van der Waals surface area contributed by atoms with E-state index in [1.54, 1.807) is 40.7 Å². The van der Waals surface area contributed by atoms with Crippen molar-refractivity contribution in [3.05, 3.63) is 0 Å². The molecule has 1 saturated heterocycles. The van der Waals surface area contributed by atoms with E-state index in [9.17, 15) is 13.7 Å². The second kappa shape index (κ2) is 4.63. The maximum absolute atomic E-state index is 12.9. The Hall–Kier alpha value is 0.600. The summed E-state index contributed by atoms with van der Waals surface area (Å²) in [4.78, 5) is 11.2. The second-order valence-electron chi connectivity index (χ2n) is 3.81. The van der Waals surface area contributed by atoms with Gasteiger partial charge in [-0.15, -0.1) is 4.31 Å². The van der Waals surface area contributed by atoms with Crippen molar-refractivity contribution < 1.29 is 13.7 Å². The molecule has 0 amide bonds. The van der Waals surface area contributed by atoms with Gasteiger partial charge in [0, 0.05) is 29.1 Å². The van der Waals surface area contributed by atoms with E-state index in [1.807, 2.05) is 0 Å². The molecule has 3 nitrogen and oxygen atoms in total. The number of nitrogens with zero attached hydrogens (tertiary/aromatic N) is 1. The Morgan fingerprint density at radius 3 is 2.64 bits per heavy atom. The lowest BCUT2D eigenvalue weighted by molar-refractivity contribution is -0.111. The van der Waals surface area contributed by atoms with Crippen LogP contribution in [0.1, 0.15) is 20.3 Å². The SMILES string of the molecule is CC(C)(C(=O)I)[S@@+]([O-])N1CCC(F)C1. The third-order valence-electron chi connectivity index (χ3n) is 2.24. The summed E-state index contributed by atoms with van der Waals surface area (Å²) in [5.74, 6) is 0. The fraction of sp³-hybridized carbons (Fsp3) is 0.875. The summed E-state index contributed by atoms with van der Waals surface area (Å²) in [6.07, 6.45) is -0.490. The third kappa shape index (κ3) is 2.59. The lowest BCUT2D eigenvalue weighted by atomic mass is 10.2. The highest BCUT2D eigenvalue weighted by Gasteiger charge is 2.45. The molecule has 0 spiro atoms. The first-order valence-electron chi connectivity index (χ1n) is 4.36. The summed E-state index contributed by atoms with van der Waals surface area (Å²) in [5, 5.41) is 0. The minimum absolute atomic E-state index is 0.157. The zero-order valence-corrected chi connectivity index (χ0v) is 11.1. The van der Waals surface area contributed by atoms with Crippen LogP contribution in [0.2, 0.25) is 0 Å². The van der Waals surface area contributed by atoms with Crippen LogP contribution in [0.4, 0.5) is 4.39 Å². The number of hydrogen-bond acceptors (Lipinski definition) is 3. The predicted octanol–water partition coefficient (Wildman–Crippen LogP) is 1.43. The number of carbonyl (C=O) groups excluding carboxylic acids is 1. The highest BCUT2D eigenvalue weighted by atomic mass is 127.